The number of Topliss-reactive ketones (excluding diaryl/α,β-unsaturated/α-hetero) is 1. The van der Waals surface area contributed by atoms with E-state index in [0.29, 0.717) is 37.5 Å². The van der Waals surface area contributed by atoms with E-state index in [1.54, 1.807) is 21.7 Å². The van der Waals surface area contributed by atoms with Crippen LogP contribution in [0.4, 0.5) is 4.39 Å². The summed E-state index contributed by atoms with van der Waals surface area (Å²) in [6.45, 7) is 6.99. The SMILES string of the molecule is CCOc1cc(C[NH+]2CC[C@H]3C(CC(=O)c4ccc5c(c4)nnn5C)CC[C@H]32)cc(OCC)c1-c1ccc(F)cc1. The Morgan fingerprint density at radius 2 is 1.73 bits per heavy atom. The van der Waals surface area contributed by atoms with E-state index in [0.717, 1.165) is 71.6 Å². The number of ketones is 1. The zero-order valence-corrected chi connectivity index (χ0v) is 24.0. The lowest BCUT2D eigenvalue weighted by Gasteiger charge is -2.23. The van der Waals surface area contributed by atoms with Crippen molar-refractivity contribution < 1.29 is 23.6 Å². The van der Waals surface area contributed by atoms with Crippen molar-refractivity contribution in [2.24, 2.45) is 18.9 Å². The molecule has 0 radical (unpaired) electrons. The maximum Gasteiger partial charge on any atom is 0.163 e. The summed E-state index contributed by atoms with van der Waals surface area (Å²) in [6.07, 6.45) is 3.97. The van der Waals surface area contributed by atoms with Crippen LogP contribution >= 0.6 is 0 Å². The average Bonchev–Trinajstić information content (AvgIpc) is 3.66. The molecule has 1 saturated carbocycles. The van der Waals surface area contributed by atoms with Crippen molar-refractivity contribution >= 4 is 16.8 Å². The molecule has 8 heteroatoms. The summed E-state index contributed by atoms with van der Waals surface area (Å²) in [6, 6.07) is 17.0. The number of quaternary nitrogens is 1. The molecule has 4 aromatic rings. The van der Waals surface area contributed by atoms with Gasteiger partial charge in [0.2, 0.25) is 0 Å². The van der Waals surface area contributed by atoms with Crippen molar-refractivity contribution in [3.05, 3.63) is 71.5 Å². The molecule has 41 heavy (non-hydrogen) atoms. The standard InChI is InChI=1S/C33H37FN4O3/c1-4-40-31-16-21(17-32(41-5-2)33(31)22-6-10-25(34)11-7-22)20-38-15-14-26-23(8-12-28(26)38)19-30(39)24-9-13-29-27(18-24)35-36-37(29)3/h6-7,9-11,13,16-18,23,26,28H,4-5,8,12,14-15,19-20H2,1-3H3/p+1/t23?,26-,28+/m0/s1. The summed E-state index contributed by atoms with van der Waals surface area (Å²) in [4.78, 5) is 14.8. The van der Waals surface area contributed by atoms with Gasteiger partial charge in [-0.05, 0) is 80.6 Å². The summed E-state index contributed by atoms with van der Waals surface area (Å²) in [5, 5.41) is 8.25. The third-order valence-electron chi connectivity index (χ3n) is 8.96. The van der Waals surface area contributed by atoms with Crippen LogP contribution in [0.2, 0.25) is 0 Å². The summed E-state index contributed by atoms with van der Waals surface area (Å²) < 4.78 is 27.6. The fourth-order valence-electron chi connectivity index (χ4n) is 7.12. The quantitative estimate of drug-likeness (QED) is 0.277. The molecule has 2 unspecified atom stereocenters. The normalized spacial score (nSPS) is 21.8. The Balaban J connectivity index is 1.18. The van der Waals surface area contributed by atoms with Crippen LogP contribution in [0.5, 0.6) is 11.5 Å². The van der Waals surface area contributed by atoms with Gasteiger partial charge in [-0.3, -0.25) is 4.79 Å². The minimum absolute atomic E-state index is 0.204. The number of carbonyl (C=O) groups excluding carboxylic acids is 1. The van der Waals surface area contributed by atoms with Gasteiger partial charge in [0.05, 0.1) is 36.9 Å². The first kappa shape index (κ1) is 27.4. The number of likely N-dealkylation sites (tertiary alicyclic amines) is 1. The second-order valence-corrected chi connectivity index (χ2v) is 11.4. The van der Waals surface area contributed by atoms with E-state index >= 15 is 0 Å². The van der Waals surface area contributed by atoms with E-state index in [-0.39, 0.29) is 11.6 Å². The van der Waals surface area contributed by atoms with Crippen LogP contribution in [0.25, 0.3) is 22.2 Å². The maximum atomic E-state index is 13.6. The molecular weight excluding hydrogens is 519 g/mol. The lowest BCUT2D eigenvalue weighted by Crippen LogP contribution is -3.12. The number of carbonyl (C=O) groups is 1. The van der Waals surface area contributed by atoms with Crippen LogP contribution < -0.4 is 14.4 Å². The van der Waals surface area contributed by atoms with E-state index in [1.807, 2.05) is 39.1 Å². The molecule has 214 valence electrons. The van der Waals surface area contributed by atoms with Gasteiger partial charge in [0, 0.05) is 36.9 Å². The minimum Gasteiger partial charge on any atom is -0.493 e. The zero-order valence-electron chi connectivity index (χ0n) is 24.0. The van der Waals surface area contributed by atoms with Gasteiger partial charge in [0.1, 0.15) is 29.4 Å². The molecule has 1 aliphatic carbocycles. The van der Waals surface area contributed by atoms with Crippen molar-refractivity contribution in [1.82, 2.24) is 15.0 Å². The fourth-order valence-corrected chi connectivity index (χ4v) is 7.12. The Morgan fingerprint density at radius 1 is 1.00 bits per heavy atom. The van der Waals surface area contributed by atoms with Gasteiger partial charge in [-0.25, -0.2) is 9.07 Å². The van der Waals surface area contributed by atoms with Gasteiger partial charge < -0.3 is 14.4 Å². The van der Waals surface area contributed by atoms with Crippen LogP contribution in [0.1, 0.15) is 55.5 Å². The molecule has 2 fully saturated rings. The molecule has 1 saturated heterocycles. The van der Waals surface area contributed by atoms with E-state index in [4.69, 9.17) is 9.47 Å². The number of nitrogens with one attached hydrogen (secondary N) is 1. The van der Waals surface area contributed by atoms with Crippen molar-refractivity contribution in [2.75, 3.05) is 19.8 Å². The van der Waals surface area contributed by atoms with Crippen molar-refractivity contribution in [1.29, 1.82) is 0 Å². The largest absolute Gasteiger partial charge is 0.493 e. The summed E-state index contributed by atoms with van der Waals surface area (Å²) >= 11 is 0. The van der Waals surface area contributed by atoms with Crippen LogP contribution in [0.15, 0.2) is 54.6 Å². The van der Waals surface area contributed by atoms with E-state index in [2.05, 4.69) is 22.4 Å². The molecule has 0 spiro atoms. The van der Waals surface area contributed by atoms with Crippen LogP contribution in [-0.4, -0.2) is 46.6 Å². The second-order valence-electron chi connectivity index (χ2n) is 11.4. The molecule has 1 N–H and O–H groups in total. The summed E-state index contributed by atoms with van der Waals surface area (Å²) in [7, 11) is 1.86. The first-order valence-electron chi connectivity index (χ1n) is 14.8. The number of nitrogens with zero attached hydrogens (tertiary/aromatic N) is 3. The third-order valence-corrected chi connectivity index (χ3v) is 8.96. The van der Waals surface area contributed by atoms with Gasteiger partial charge in [-0.1, -0.05) is 17.3 Å². The van der Waals surface area contributed by atoms with Crippen LogP contribution in [0, 0.1) is 17.7 Å². The van der Waals surface area contributed by atoms with Gasteiger partial charge in [-0.15, -0.1) is 5.10 Å². The molecule has 0 amide bonds. The smallest absolute Gasteiger partial charge is 0.163 e. The number of ether oxygens (including phenoxy) is 2. The molecular formula is C33H38FN4O3+. The number of fused-ring (bicyclic) bond motifs is 2. The fraction of sp³-hybridized carbons (Fsp3) is 0.424. The Hall–Kier alpha value is -3.78. The highest BCUT2D eigenvalue weighted by atomic mass is 19.1. The number of hydrogen-bond acceptors (Lipinski definition) is 5. The van der Waals surface area contributed by atoms with Gasteiger partial charge in [0.25, 0.3) is 0 Å². The Kier molecular flexibility index (Phi) is 7.75. The lowest BCUT2D eigenvalue weighted by molar-refractivity contribution is -0.927. The maximum absolute atomic E-state index is 13.6. The number of halogens is 1. The first-order chi connectivity index (χ1) is 19.9. The third kappa shape index (κ3) is 5.45. The van der Waals surface area contributed by atoms with E-state index in [9.17, 15) is 9.18 Å². The van der Waals surface area contributed by atoms with Gasteiger partial charge >= 0.3 is 0 Å². The number of aryl methyl sites for hydroxylation is 1. The molecule has 4 atom stereocenters. The zero-order chi connectivity index (χ0) is 28.5. The lowest BCUT2D eigenvalue weighted by atomic mass is 9.87. The highest BCUT2D eigenvalue weighted by Crippen LogP contribution is 2.41. The predicted molar refractivity (Wildman–Crippen MR) is 156 cm³/mol. The van der Waals surface area contributed by atoms with Gasteiger partial charge in [-0.2, -0.15) is 0 Å². The Bertz CT molecular complexity index is 1520. The molecule has 6 rings (SSSR count). The van der Waals surface area contributed by atoms with Crippen molar-refractivity contribution in [3.63, 3.8) is 0 Å². The number of hydrogen-bond donors (Lipinski definition) is 1. The number of rotatable bonds is 10. The molecule has 7 nitrogen and oxygen atoms in total. The summed E-state index contributed by atoms with van der Waals surface area (Å²) in [5.41, 5.74) is 5.35. The Morgan fingerprint density at radius 3 is 2.44 bits per heavy atom. The van der Waals surface area contributed by atoms with Crippen molar-refractivity contribution in [2.45, 2.75) is 52.1 Å². The average molecular weight is 558 g/mol. The first-order valence-corrected chi connectivity index (χ1v) is 14.8. The molecule has 3 aromatic carbocycles. The molecule has 2 heterocycles. The number of benzene rings is 3. The highest BCUT2D eigenvalue weighted by Gasteiger charge is 2.47. The topological polar surface area (TPSA) is 70.7 Å². The molecule has 0 bridgehead atoms. The molecule has 1 aliphatic heterocycles. The van der Waals surface area contributed by atoms with Crippen molar-refractivity contribution in [3.8, 4) is 22.6 Å². The van der Waals surface area contributed by atoms with Crippen LogP contribution in [0.3, 0.4) is 0 Å². The minimum atomic E-state index is -0.267. The predicted octanol–water partition coefficient (Wildman–Crippen LogP) is 5.03. The van der Waals surface area contributed by atoms with E-state index in [1.165, 1.54) is 17.7 Å². The van der Waals surface area contributed by atoms with E-state index < -0.39 is 0 Å². The monoisotopic (exact) mass is 557 g/mol. The molecule has 1 aromatic heterocycles. The van der Waals surface area contributed by atoms with Gasteiger partial charge in [0.15, 0.2) is 5.78 Å². The number of aromatic nitrogens is 3. The Labute approximate surface area is 240 Å². The van der Waals surface area contributed by atoms with Crippen LogP contribution in [-0.2, 0) is 13.6 Å². The highest BCUT2D eigenvalue weighted by molar-refractivity contribution is 5.99. The molecule has 2 aliphatic rings. The second kappa shape index (κ2) is 11.6. The summed E-state index contributed by atoms with van der Waals surface area (Å²) in [5.74, 6) is 2.45.